The number of aryl methyl sites for hydroxylation is 2. The van der Waals surface area contributed by atoms with E-state index in [9.17, 15) is 0 Å². The minimum atomic E-state index is -2.89. The Hall–Kier alpha value is -4.57. The number of benzene rings is 5. The van der Waals surface area contributed by atoms with Gasteiger partial charge in [-0.25, -0.2) is 8.78 Å². The van der Waals surface area contributed by atoms with Gasteiger partial charge < -0.3 is 0 Å². The van der Waals surface area contributed by atoms with Gasteiger partial charge in [0.25, 0.3) is 5.92 Å². The monoisotopic (exact) mass is 952 g/mol. The molecule has 0 saturated heterocycles. The summed E-state index contributed by atoms with van der Waals surface area (Å²) in [6, 6.07) is 34.1. The van der Waals surface area contributed by atoms with Crippen LogP contribution in [0.2, 0.25) is 0 Å². The van der Waals surface area contributed by atoms with E-state index in [0.717, 1.165) is 65.1 Å². The number of rotatable bonds is 4. The molecule has 0 fully saturated rings. The predicted octanol–water partition coefficient (Wildman–Crippen LogP) is 16.5. The molecule has 306 valence electrons. The topological polar surface area (TPSA) is 25.8 Å². The number of alkyl halides is 2. The number of fused-ring (bicyclic) bond motifs is 5. The van der Waals surface area contributed by atoms with E-state index in [4.69, 9.17) is 9.97 Å². The summed E-state index contributed by atoms with van der Waals surface area (Å²) >= 11 is 5.95. The number of halogens is 3. The molecule has 1 aliphatic rings. The van der Waals surface area contributed by atoms with Gasteiger partial charge in [-0.05, 0) is 162 Å². The zero-order valence-corrected chi connectivity index (χ0v) is 39.5. The lowest BCUT2D eigenvalue weighted by Gasteiger charge is -2.34. The van der Waals surface area contributed by atoms with Crippen molar-refractivity contribution in [2.24, 2.45) is 0 Å². The minimum absolute atomic E-state index is 0.0427. The first kappa shape index (κ1) is 40.5. The number of pyridine rings is 2. The molecule has 4 heterocycles. The number of nitrogens with zero attached hydrogens (tertiary/aromatic N) is 2. The first-order valence-electron chi connectivity index (χ1n) is 21.0. The maximum absolute atomic E-state index is 16.5. The van der Waals surface area contributed by atoms with Crippen molar-refractivity contribution in [2.75, 3.05) is 0 Å². The van der Waals surface area contributed by atoms with Crippen molar-refractivity contribution in [2.45, 2.75) is 90.9 Å². The predicted molar refractivity (Wildman–Crippen MR) is 265 cm³/mol. The van der Waals surface area contributed by atoms with Crippen LogP contribution in [0.25, 0.3) is 74.7 Å². The van der Waals surface area contributed by atoms with Crippen molar-refractivity contribution < 1.29 is 8.78 Å². The maximum atomic E-state index is 16.5. The lowest BCUT2D eigenvalue weighted by atomic mass is 9.75. The van der Waals surface area contributed by atoms with E-state index in [0.29, 0.717) is 5.56 Å². The summed E-state index contributed by atoms with van der Waals surface area (Å²) in [6.45, 7) is 17.8. The first-order chi connectivity index (χ1) is 29.0. The molecule has 1 atom stereocenters. The van der Waals surface area contributed by atoms with Crippen LogP contribution in [-0.4, -0.2) is 15.9 Å². The smallest absolute Gasteiger partial charge is 0.255 e. The van der Waals surface area contributed by atoms with Gasteiger partial charge in [0.1, 0.15) is 0 Å². The third-order valence-electron chi connectivity index (χ3n) is 12.9. The fourth-order valence-electron chi connectivity index (χ4n) is 9.61. The third kappa shape index (κ3) is 6.90. The van der Waals surface area contributed by atoms with Gasteiger partial charge >= 0.3 is 0 Å². The molecule has 7 heteroatoms. The van der Waals surface area contributed by atoms with Crippen LogP contribution < -0.4 is 0 Å². The van der Waals surface area contributed by atoms with Crippen LogP contribution in [-0.2, 0) is 23.7 Å². The fraction of sp³-hybridized carbons (Fsp3) is 0.259. The van der Waals surface area contributed by atoms with Gasteiger partial charge in [-0.3, -0.25) is 9.97 Å². The molecule has 0 aliphatic heterocycles. The summed E-state index contributed by atoms with van der Waals surface area (Å²) in [6.07, 6.45) is 3.82. The van der Waals surface area contributed by atoms with Crippen molar-refractivity contribution in [1.82, 2.24) is 9.97 Å². The lowest BCUT2D eigenvalue weighted by molar-refractivity contribution is -0.0330. The van der Waals surface area contributed by atoms with Crippen molar-refractivity contribution >= 4 is 87.0 Å². The van der Waals surface area contributed by atoms with Crippen LogP contribution >= 0.6 is 45.3 Å². The number of hydrogen-bond donors (Lipinski definition) is 0. The zero-order chi connectivity index (χ0) is 42.7. The highest BCUT2D eigenvalue weighted by Gasteiger charge is 2.45. The van der Waals surface area contributed by atoms with Crippen LogP contribution in [0.5, 0.6) is 0 Å². The Kier molecular flexibility index (Phi) is 9.63. The average Bonchev–Trinajstić information content (AvgIpc) is 3.72. The van der Waals surface area contributed by atoms with Crippen LogP contribution in [0.4, 0.5) is 8.78 Å². The number of hydrogen-bond acceptors (Lipinski definition) is 4. The molecule has 1 unspecified atom stereocenters. The summed E-state index contributed by atoms with van der Waals surface area (Å²) in [5.74, 6) is -3.83. The summed E-state index contributed by atoms with van der Waals surface area (Å²) in [7, 11) is 0. The highest BCUT2D eigenvalue weighted by molar-refractivity contribution is 14.1. The molecule has 5 aromatic carbocycles. The number of thiophene rings is 2. The average molecular weight is 953 g/mol. The van der Waals surface area contributed by atoms with E-state index >= 15 is 8.78 Å². The molecule has 0 amide bonds. The molecule has 0 spiro atoms. The third-order valence-corrected chi connectivity index (χ3v) is 16.8. The Morgan fingerprint density at radius 1 is 0.607 bits per heavy atom. The van der Waals surface area contributed by atoms with Crippen LogP contribution in [0.15, 0.2) is 109 Å². The molecule has 4 aromatic heterocycles. The summed E-state index contributed by atoms with van der Waals surface area (Å²) in [5, 5.41) is 6.96. The van der Waals surface area contributed by atoms with Gasteiger partial charge in [0.15, 0.2) is 0 Å². The Morgan fingerprint density at radius 2 is 1.21 bits per heavy atom. The lowest BCUT2D eigenvalue weighted by Crippen LogP contribution is -2.35. The van der Waals surface area contributed by atoms with Gasteiger partial charge in [0.05, 0.1) is 29.6 Å². The second-order valence-electron chi connectivity index (χ2n) is 19.1. The van der Waals surface area contributed by atoms with Crippen molar-refractivity contribution in [3.8, 4) is 33.0 Å². The standard InChI is InChI=1S/C54H47F2IN2S2/c1-29-39-17-19-58-46(37-21-31-11-9-10-12-41(31)44(26-37)52(3,4)5)49(39)60-48(29)34-15-16-35-28-54(55,56)43(25-36(35)23-34)33-14-13-32-22-38(27-45(42(32)24-33)53(6,7)8)47-50-40(18-20-59-47)30(2)51(57)61-50/h9-24,26-27,43H,25,28H2,1-8H3. The second-order valence-corrected chi connectivity index (χ2v) is 22.9. The maximum Gasteiger partial charge on any atom is 0.259 e. The molecule has 61 heavy (non-hydrogen) atoms. The highest BCUT2D eigenvalue weighted by Crippen LogP contribution is 2.49. The molecule has 1 aliphatic carbocycles. The van der Waals surface area contributed by atoms with Crippen LogP contribution in [0, 0.1) is 16.7 Å². The largest absolute Gasteiger partial charge is 0.259 e. The van der Waals surface area contributed by atoms with Gasteiger partial charge in [0, 0.05) is 40.2 Å². The van der Waals surface area contributed by atoms with E-state index < -0.39 is 11.8 Å². The second kappa shape index (κ2) is 14.5. The quantitative estimate of drug-likeness (QED) is 0.164. The van der Waals surface area contributed by atoms with Gasteiger partial charge in [0.2, 0.25) is 0 Å². The van der Waals surface area contributed by atoms with E-state index in [1.807, 2.05) is 30.6 Å². The molecule has 0 N–H and O–H groups in total. The number of aromatic nitrogens is 2. The molecule has 9 aromatic rings. The molecule has 0 bridgehead atoms. The molecule has 10 rings (SSSR count). The molecular formula is C54H47F2IN2S2. The van der Waals surface area contributed by atoms with Gasteiger partial charge in [-0.1, -0.05) is 102 Å². The van der Waals surface area contributed by atoms with Crippen molar-refractivity contribution in [3.63, 3.8) is 0 Å². The Morgan fingerprint density at radius 3 is 1.89 bits per heavy atom. The van der Waals surface area contributed by atoms with Crippen LogP contribution in [0.1, 0.15) is 86.4 Å². The summed E-state index contributed by atoms with van der Waals surface area (Å²) < 4.78 is 36.5. The minimum Gasteiger partial charge on any atom is -0.255 e. The van der Waals surface area contributed by atoms with E-state index in [-0.39, 0.29) is 23.7 Å². The van der Waals surface area contributed by atoms with Crippen molar-refractivity contribution in [3.05, 3.63) is 151 Å². The van der Waals surface area contributed by atoms with Gasteiger partial charge in [-0.2, -0.15) is 0 Å². The Bertz CT molecular complexity index is 3250. The Balaban J connectivity index is 1.04. The Labute approximate surface area is 378 Å². The molecule has 2 nitrogen and oxygen atoms in total. The van der Waals surface area contributed by atoms with E-state index in [2.05, 4.69) is 157 Å². The summed E-state index contributed by atoms with van der Waals surface area (Å²) in [5.41, 5.74) is 12.3. The first-order valence-corrected chi connectivity index (χ1v) is 23.7. The van der Waals surface area contributed by atoms with Gasteiger partial charge in [-0.15, -0.1) is 22.7 Å². The summed E-state index contributed by atoms with van der Waals surface area (Å²) in [4.78, 5) is 11.0. The van der Waals surface area contributed by atoms with Crippen molar-refractivity contribution in [1.29, 1.82) is 0 Å². The zero-order valence-electron chi connectivity index (χ0n) is 35.7. The van der Waals surface area contributed by atoms with E-state index in [1.54, 1.807) is 22.7 Å². The van der Waals surface area contributed by atoms with E-state index in [1.165, 1.54) is 45.8 Å². The molecular weight excluding hydrogens is 906 g/mol. The normalized spacial score (nSPS) is 15.6. The van der Waals surface area contributed by atoms with Crippen LogP contribution in [0.3, 0.4) is 0 Å². The molecule has 0 saturated carbocycles. The fourth-order valence-corrected chi connectivity index (χ4v) is 12.9. The highest BCUT2D eigenvalue weighted by atomic mass is 127. The SMILES string of the molecule is Cc1c(I)sc2c(-c3cc(C(C)(C)C)c4cc(C5Cc6cc(-c7sc8c(-c9cc(C(C)(C)C)c%10ccccc%10c9)nccc8c7C)ccc6CC5(F)F)ccc4c3)nccc12. The molecule has 0 radical (unpaired) electrons.